The van der Waals surface area contributed by atoms with E-state index in [2.05, 4.69) is 4.98 Å². The number of hydrogen-bond donors (Lipinski definition) is 1. The highest BCUT2D eigenvalue weighted by atomic mass is 35.5. The van der Waals surface area contributed by atoms with E-state index >= 15 is 0 Å². The van der Waals surface area contributed by atoms with Gasteiger partial charge in [0.25, 0.3) is 5.92 Å². The van der Waals surface area contributed by atoms with Crippen molar-refractivity contribution in [3.63, 3.8) is 0 Å². The van der Waals surface area contributed by atoms with E-state index < -0.39 is 12.5 Å². The number of aromatic nitrogens is 1. The van der Waals surface area contributed by atoms with Crippen molar-refractivity contribution in [1.82, 2.24) is 4.98 Å². The molecule has 1 heterocycles. The molecule has 1 aromatic rings. The van der Waals surface area contributed by atoms with Gasteiger partial charge in [0, 0.05) is 11.8 Å². The van der Waals surface area contributed by atoms with Crippen LogP contribution < -0.4 is 5.73 Å². The Kier molecular flexibility index (Phi) is 3.05. The zero-order chi connectivity index (χ0) is 10.1. The van der Waals surface area contributed by atoms with Crippen LogP contribution in [0.2, 0.25) is 10.2 Å². The maximum absolute atomic E-state index is 12.9. The van der Waals surface area contributed by atoms with Crippen molar-refractivity contribution in [2.24, 2.45) is 5.73 Å². The van der Waals surface area contributed by atoms with Gasteiger partial charge in [-0.3, -0.25) is 0 Å². The molecule has 0 bridgehead atoms. The Bertz CT molecular complexity index is 317. The van der Waals surface area contributed by atoms with Gasteiger partial charge in [0.05, 0.1) is 11.6 Å². The first-order valence-electron chi connectivity index (χ1n) is 3.37. The van der Waals surface area contributed by atoms with Crippen molar-refractivity contribution in [2.45, 2.75) is 5.92 Å². The smallest absolute Gasteiger partial charge is 0.286 e. The predicted octanol–water partition coefficient (Wildman–Crippen LogP) is 2.44. The average Bonchev–Trinajstić information content (AvgIpc) is 2.09. The fourth-order valence-corrected chi connectivity index (χ4v) is 1.01. The second kappa shape index (κ2) is 3.74. The van der Waals surface area contributed by atoms with Gasteiger partial charge in [-0.05, 0) is 6.07 Å². The highest BCUT2D eigenvalue weighted by molar-refractivity contribution is 6.41. The normalized spacial score (nSPS) is 11.8. The van der Waals surface area contributed by atoms with Crippen LogP contribution in [0.1, 0.15) is 5.56 Å². The Labute approximate surface area is 83.7 Å². The molecular formula is C7H6Cl2F2N2. The van der Waals surface area contributed by atoms with Gasteiger partial charge >= 0.3 is 0 Å². The van der Waals surface area contributed by atoms with Gasteiger partial charge in [0.2, 0.25) is 0 Å². The maximum atomic E-state index is 12.9. The van der Waals surface area contributed by atoms with Gasteiger partial charge in [-0.15, -0.1) is 0 Å². The molecule has 2 N–H and O–H groups in total. The van der Waals surface area contributed by atoms with E-state index in [0.29, 0.717) is 0 Å². The van der Waals surface area contributed by atoms with Gasteiger partial charge in [-0.1, -0.05) is 23.2 Å². The van der Waals surface area contributed by atoms with Crippen molar-refractivity contribution in [3.05, 3.63) is 28.0 Å². The second-order valence-corrected chi connectivity index (χ2v) is 3.17. The lowest BCUT2D eigenvalue weighted by Gasteiger charge is -2.13. The van der Waals surface area contributed by atoms with Gasteiger partial charge < -0.3 is 5.73 Å². The van der Waals surface area contributed by atoms with E-state index in [4.69, 9.17) is 28.9 Å². The number of rotatable bonds is 2. The van der Waals surface area contributed by atoms with Crippen LogP contribution in [0.25, 0.3) is 0 Å². The third kappa shape index (κ3) is 2.27. The molecule has 0 atom stereocenters. The summed E-state index contributed by atoms with van der Waals surface area (Å²) in [5.74, 6) is -3.11. The van der Waals surface area contributed by atoms with Crippen LogP contribution in [0.3, 0.4) is 0 Å². The molecule has 0 spiro atoms. The Hall–Kier alpha value is -0.450. The Morgan fingerprint density at radius 2 is 2.08 bits per heavy atom. The van der Waals surface area contributed by atoms with Gasteiger partial charge in [0.1, 0.15) is 5.15 Å². The molecule has 0 aliphatic rings. The first-order chi connectivity index (χ1) is 5.97. The molecular weight excluding hydrogens is 221 g/mol. The Morgan fingerprint density at radius 1 is 1.46 bits per heavy atom. The largest absolute Gasteiger partial charge is 0.325 e. The number of hydrogen-bond acceptors (Lipinski definition) is 2. The molecule has 0 unspecified atom stereocenters. The minimum Gasteiger partial charge on any atom is -0.325 e. The number of pyridine rings is 1. The second-order valence-electron chi connectivity index (χ2n) is 2.41. The molecule has 0 saturated carbocycles. The lowest BCUT2D eigenvalue weighted by molar-refractivity contribution is 0.00562. The summed E-state index contributed by atoms with van der Waals surface area (Å²) in [6, 6.07) is 1.06. The molecule has 0 aliphatic carbocycles. The van der Waals surface area contributed by atoms with E-state index in [0.717, 1.165) is 12.3 Å². The van der Waals surface area contributed by atoms with Crippen LogP contribution >= 0.6 is 23.2 Å². The number of nitrogens with zero attached hydrogens (tertiary/aromatic N) is 1. The lowest BCUT2D eigenvalue weighted by atomic mass is 10.1. The summed E-state index contributed by atoms with van der Waals surface area (Å²) >= 11 is 11.0. The third-order valence-electron chi connectivity index (χ3n) is 1.47. The van der Waals surface area contributed by atoms with Crippen LogP contribution in [0, 0.1) is 0 Å². The van der Waals surface area contributed by atoms with Crippen LogP contribution in [0.5, 0.6) is 0 Å². The average molecular weight is 227 g/mol. The highest BCUT2D eigenvalue weighted by Crippen LogP contribution is 2.30. The highest BCUT2D eigenvalue weighted by Gasteiger charge is 2.30. The molecule has 0 amide bonds. The molecule has 1 rings (SSSR count). The molecule has 72 valence electrons. The molecule has 1 aromatic heterocycles. The van der Waals surface area contributed by atoms with Crippen molar-refractivity contribution < 1.29 is 8.78 Å². The number of nitrogens with two attached hydrogens (primary N) is 1. The molecule has 0 aliphatic heterocycles. The van der Waals surface area contributed by atoms with E-state index in [1.54, 1.807) is 0 Å². The van der Waals surface area contributed by atoms with E-state index in [-0.39, 0.29) is 15.7 Å². The first kappa shape index (κ1) is 10.6. The van der Waals surface area contributed by atoms with Crippen LogP contribution in [0.4, 0.5) is 8.78 Å². The lowest BCUT2D eigenvalue weighted by Crippen LogP contribution is -2.25. The predicted molar refractivity (Wildman–Crippen MR) is 47.2 cm³/mol. The Morgan fingerprint density at radius 3 is 2.54 bits per heavy atom. The van der Waals surface area contributed by atoms with Gasteiger partial charge in [-0.25, -0.2) is 4.98 Å². The van der Waals surface area contributed by atoms with Crippen LogP contribution in [-0.4, -0.2) is 11.5 Å². The molecule has 0 radical (unpaired) electrons. The van der Waals surface area contributed by atoms with Crippen molar-refractivity contribution in [1.29, 1.82) is 0 Å². The third-order valence-corrected chi connectivity index (χ3v) is 2.16. The minimum absolute atomic E-state index is 0.00163. The fourth-order valence-electron chi connectivity index (χ4n) is 0.739. The van der Waals surface area contributed by atoms with Crippen molar-refractivity contribution in [3.8, 4) is 0 Å². The number of halogens is 4. The van der Waals surface area contributed by atoms with Crippen LogP contribution in [0.15, 0.2) is 12.3 Å². The summed E-state index contributed by atoms with van der Waals surface area (Å²) in [5, 5.41) is -0.00877. The zero-order valence-corrected chi connectivity index (χ0v) is 7.91. The molecule has 0 saturated heterocycles. The van der Waals surface area contributed by atoms with E-state index in [1.807, 2.05) is 0 Å². The minimum atomic E-state index is -3.11. The van der Waals surface area contributed by atoms with Gasteiger partial charge in [-0.2, -0.15) is 8.78 Å². The molecule has 6 heteroatoms. The SMILES string of the molecule is NCC(F)(F)c1cnc(Cl)c(Cl)c1. The zero-order valence-electron chi connectivity index (χ0n) is 6.40. The molecule has 0 aromatic carbocycles. The van der Waals surface area contributed by atoms with Gasteiger partial charge in [0.15, 0.2) is 0 Å². The summed E-state index contributed by atoms with van der Waals surface area (Å²) in [5.41, 5.74) is 4.54. The molecule has 13 heavy (non-hydrogen) atoms. The summed E-state index contributed by atoms with van der Waals surface area (Å²) in [6.45, 7) is -0.785. The summed E-state index contributed by atoms with van der Waals surface area (Å²) in [7, 11) is 0. The first-order valence-corrected chi connectivity index (χ1v) is 4.12. The number of alkyl halides is 2. The quantitative estimate of drug-likeness (QED) is 0.788. The van der Waals surface area contributed by atoms with E-state index in [1.165, 1.54) is 0 Å². The summed E-state index contributed by atoms with van der Waals surface area (Å²) in [6.07, 6.45) is 0.959. The Balaban J connectivity index is 3.10. The monoisotopic (exact) mass is 226 g/mol. The standard InChI is InChI=1S/C7H6Cl2F2N2/c8-5-1-4(2-13-6(5)9)7(10,11)3-12/h1-2H,3,12H2. The topological polar surface area (TPSA) is 38.9 Å². The fraction of sp³-hybridized carbons (Fsp3) is 0.286. The van der Waals surface area contributed by atoms with Crippen LogP contribution in [-0.2, 0) is 5.92 Å². The van der Waals surface area contributed by atoms with Crippen molar-refractivity contribution >= 4 is 23.2 Å². The van der Waals surface area contributed by atoms with E-state index in [9.17, 15) is 8.78 Å². The summed E-state index contributed by atoms with van der Waals surface area (Å²) < 4.78 is 25.9. The maximum Gasteiger partial charge on any atom is 0.286 e. The molecule has 0 fully saturated rings. The summed E-state index contributed by atoms with van der Waals surface area (Å²) in [4.78, 5) is 3.49. The molecule has 2 nitrogen and oxygen atoms in total. The van der Waals surface area contributed by atoms with Crippen molar-refractivity contribution in [2.75, 3.05) is 6.54 Å².